The minimum absolute atomic E-state index is 0.0624. The number of rotatable bonds is 2. The summed E-state index contributed by atoms with van der Waals surface area (Å²) in [7, 11) is 0. The summed E-state index contributed by atoms with van der Waals surface area (Å²) < 4.78 is 0. The van der Waals surface area contributed by atoms with Gasteiger partial charge in [0.05, 0.1) is 11.3 Å². The Morgan fingerprint density at radius 2 is 2.18 bits per heavy atom. The molecule has 2 aliphatic carbocycles. The van der Waals surface area contributed by atoms with E-state index in [4.69, 9.17) is 4.99 Å². The molecule has 1 aliphatic heterocycles. The Kier molecular flexibility index (Phi) is 2.93. The zero-order valence-corrected chi connectivity index (χ0v) is 11.3. The van der Waals surface area contributed by atoms with Gasteiger partial charge in [0, 0.05) is 0 Å². The molecule has 1 unspecified atom stereocenters. The number of carbonyl (C=O) groups excluding carboxylic acids is 1. The van der Waals surface area contributed by atoms with Crippen molar-refractivity contribution >= 4 is 22.8 Å². The molecule has 1 heterocycles. The van der Waals surface area contributed by atoms with Crippen LogP contribution in [-0.2, 0) is 4.79 Å². The lowest BCUT2D eigenvalue weighted by Gasteiger charge is -2.17. The molecule has 4 heteroatoms. The van der Waals surface area contributed by atoms with E-state index in [9.17, 15) is 4.79 Å². The Balaban J connectivity index is 1.68. The molecule has 3 nitrogen and oxygen atoms in total. The van der Waals surface area contributed by atoms with Crippen molar-refractivity contribution in [1.29, 1.82) is 0 Å². The van der Waals surface area contributed by atoms with Gasteiger partial charge in [-0.05, 0) is 37.0 Å². The molecule has 4 atom stereocenters. The Labute approximate surface area is 107 Å². The third-order valence-corrected chi connectivity index (χ3v) is 5.76. The van der Waals surface area contributed by atoms with Crippen molar-refractivity contribution in [2.75, 3.05) is 0 Å². The Morgan fingerprint density at radius 1 is 1.35 bits per heavy atom. The maximum Gasteiger partial charge on any atom is 0.239 e. The average Bonchev–Trinajstić information content (AvgIpc) is 2.93. The first-order valence-electron chi connectivity index (χ1n) is 6.69. The van der Waals surface area contributed by atoms with Gasteiger partial charge in [0.2, 0.25) is 5.91 Å². The Morgan fingerprint density at radius 3 is 2.71 bits per heavy atom. The highest BCUT2D eigenvalue weighted by atomic mass is 32.2. The van der Waals surface area contributed by atoms with Crippen LogP contribution in [0, 0.1) is 17.8 Å². The Bertz CT molecular complexity index is 366. The first-order valence-corrected chi connectivity index (χ1v) is 7.56. The van der Waals surface area contributed by atoms with Gasteiger partial charge in [-0.25, -0.2) is 0 Å². The number of aliphatic imine (C=N–C) groups is 1. The van der Waals surface area contributed by atoms with Crippen molar-refractivity contribution in [3.63, 3.8) is 0 Å². The van der Waals surface area contributed by atoms with Crippen molar-refractivity contribution < 1.29 is 4.79 Å². The van der Waals surface area contributed by atoms with Gasteiger partial charge in [-0.15, -0.1) is 0 Å². The van der Waals surface area contributed by atoms with Crippen LogP contribution in [0.25, 0.3) is 0 Å². The van der Waals surface area contributed by atoms with Crippen LogP contribution in [0.1, 0.15) is 39.5 Å². The SMILES string of the molecule is CC(C)C1SC(=N[C@@H]2C[C@H]3CC[C@@H]2C3)NC1=O. The third kappa shape index (κ3) is 2.12. The molecule has 3 rings (SSSR count). The zero-order valence-electron chi connectivity index (χ0n) is 10.5. The van der Waals surface area contributed by atoms with Crippen LogP contribution in [0.2, 0.25) is 0 Å². The largest absolute Gasteiger partial charge is 0.304 e. The van der Waals surface area contributed by atoms with Gasteiger partial charge in [-0.3, -0.25) is 9.79 Å². The molecule has 0 aromatic carbocycles. The summed E-state index contributed by atoms with van der Waals surface area (Å²) in [4.78, 5) is 16.5. The molecule has 2 bridgehead atoms. The molecule has 2 saturated carbocycles. The molecule has 1 amide bonds. The van der Waals surface area contributed by atoms with Crippen LogP contribution >= 0.6 is 11.8 Å². The third-order valence-electron chi connectivity index (χ3n) is 4.32. The van der Waals surface area contributed by atoms with Gasteiger partial charge in [-0.1, -0.05) is 32.0 Å². The number of nitrogens with one attached hydrogen (secondary N) is 1. The van der Waals surface area contributed by atoms with Gasteiger partial charge in [0.15, 0.2) is 5.17 Å². The summed E-state index contributed by atoms with van der Waals surface area (Å²) in [5.74, 6) is 2.24. The number of thioether (sulfide) groups is 1. The second kappa shape index (κ2) is 4.30. The van der Waals surface area contributed by atoms with E-state index in [1.54, 1.807) is 11.8 Å². The fourth-order valence-electron chi connectivity index (χ4n) is 3.40. The van der Waals surface area contributed by atoms with Crippen LogP contribution in [0.15, 0.2) is 4.99 Å². The maximum atomic E-state index is 11.7. The second-order valence-electron chi connectivity index (χ2n) is 5.95. The summed E-state index contributed by atoms with van der Waals surface area (Å²) >= 11 is 1.63. The first-order chi connectivity index (χ1) is 8.13. The zero-order chi connectivity index (χ0) is 12.0. The van der Waals surface area contributed by atoms with Crippen LogP contribution < -0.4 is 5.32 Å². The number of fused-ring (bicyclic) bond motifs is 2. The molecule has 0 aromatic heterocycles. The highest BCUT2D eigenvalue weighted by Crippen LogP contribution is 2.46. The van der Waals surface area contributed by atoms with Crippen molar-refractivity contribution in [3.8, 4) is 0 Å². The molecular weight excluding hydrogens is 232 g/mol. The highest BCUT2D eigenvalue weighted by molar-refractivity contribution is 8.15. The lowest BCUT2D eigenvalue weighted by Crippen LogP contribution is -2.28. The second-order valence-corrected chi connectivity index (χ2v) is 7.08. The van der Waals surface area contributed by atoms with Gasteiger partial charge in [0.1, 0.15) is 0 Å². The number of amidine groups is 1. The van der Waals surface area contributed by atoms with Gasteiger partial charge < -0.3 is 5.32 Å². The minimum Gasteiger partial charge on any atom is -0.304 e. The number of amides is 1. The molecule has 0 aromatic rings. The number of nitrogens with zero attached hydrogens (tertiary/aromatic N) is 1. The predicted molar refractivity (Wildman–Crippen MR) is 71.0 cm³/mol. The van der Waals surface area contributed by atoms with E-state index >= 15 is 0 Å². The summed E-state index contributed by atoms with van der Waals surface area (Å²) in [6, 6.07) is 0.488. The van der Waals surface area contributed by atoms with E-state index in [1.807, 2.05) is 0 Å². The predicted octanol–water partition coefficient (Wildman–Crippen LogP) is 2.42. The molecule has 17 heavy (non-hydrogen) atoms. The molecule has 1 N–H and O–H groups in total. The summed E-state index contributed by atoms with van der Waals surface area (Å²) in [5.41, 5.74) is 0. The Hall–Kier alpha value is -0.510. The fraction of sp³-hybridized carbons (Fsp3) is 0.846. The lowest BCUT2D eigenvalue weighted by molar-refractivity contribution is -0.119. The van der Waals surface area contributed by atoms with Crippen molar-refractivity contribution in [2.45, 2.75) is 50.8 Å². The molecule has 3 fully saturated rings. The number of carbonyl (C=O) groups is 1. The van der Waals surface area contributed by atoms with E-state index in [-0.39, 0.29) is 11.2 Å². The van der Waals surface area contributed by atoms with Crippen LogP contribution in [0.4, 0.5) is 0 Å². The summed E-state index contributed by atoms with van der Waals surface area (Å²) in [6.45, 7) is 4.19. The molecular formula is C13H20N2OS. The van der Waals surface area contributed by atoms with Gasteiger partial charge >= 0.3 is 0 Å². The average molecular weight is 252 g/mol. The van der Waals surface area contributed by atoms with Gasteiger partial charge in [0.25, 0.3) is 0 Å². The van der Waals surface area contributed by atoms with Crippen LogP contribution in [-0.4, -0.2) is 22.4 Å². The van der Waals surface area contributed by atoms with E-state index in [2.05, 4.69) is 19.2 Å². The molecule has 3 aliphatic rings. The van der Waals surface area contributed by atoms with E-state index < -0.39 is 0 Å². The van der Waals surface area contributed by atoms with Crippen molar-refractivity contribution in [1.82, 2.24) is 5.32 Å². The van der Waals surface area contributed by atoms with Crippen molar-refractivity contribution in [2.24, 2.45) is 22.7 Å². The lowest BCUT2D eigenvalue weighted by atomic mass is 9.96. The number of hydrogen-bond donors (Lipinski definition) is 1. The van der Waals surface area contributed by atoms with Crippen LogP contribution in [0.5, 0.6) is 0 Å². The van der Waals surface area contributed by atoms with E-state index in [0.29, 0.717) is 12.0 Å². The maximum absolute atomic E-state index is 11.7. The smallest absolute Gasteiger partial charge is 0.239 e. The van der Waals surface area contributed by atoms with E-state index in [1.165, 1.54) is 25.7 Å². The summed E-state index contributed by atoms with van der Waals surface area (Å²) in [6.07, 6.45) is 5.36. The minimum atomic E-state index is 0.0624. The topological polar surface area (TPSA) is 41.5 Å². The highest BCUT2D eigenvalue weighted by Gasteiger charge is 2.41. The molecule has 94 valence electrons. The fourth-order valence-corrected chi connectivity index (χ4v) is 4.44. The number of hydrogen-bond acceptors (Lipinski definition) is 3. The normalized spacial score (nSPS) is 42.8. The van der Waals surface area contributed by atoms with Crippen LogP contribution in [0.3, 0.4) is 0 Å². The molecule has 0 spiro atoms. The van der Waals surface area contributed by atoms with E-state index in [0.717, 1.165) is 17.0 Å². The molecule has 1 saturated heterocycles. The van der Waals surface area contributed by atoms with Gasteiger partial charge in [-0.2, -0.15) is 0 Å². The monoisotopic (exact) mass is 252 g/mol. The molecule has 0 radical (unpaired) electrons. The first kappa shape index (κ1) is 11.6. The standard InChI is InChI=1S/C13H20N2OS/c1-7(2)11-12(16)15-13(17-11)14-10-6-8-3-4-9(10)5-8/h7-11H,3-6H2,1-2H3,(H,14,15,16)/t8-,9+,10+,11?/m0/s1. The van der Waals surface area contributed by atoms with Crippen molar-refractivity contribution in [3.05, 3.63) is 0 Å². The quantitative estimate of drug-likeness (QED) is 0.820. The summed E-state index contributed by atoms with van der Waals surface area (Å²) in [5, 5.41) is 3.89.